The first-order valence-corrected chi connectivity index (χ1v) is 7.88. The molecule has 0 aromatic rings. The summed E-state index contributed by atoms with van der Waals surface area (Å²) in [5, 5.41) is 13.1. The van der Waals surface area contributed by atoms with Crippen LogP contribution in [0.1, 0.15) is 52.9 Å². The number of ether oxygens (including phenoxy) is 1. The van der Waals surface area contributed by atoms with Crippen LogP contribution in [-0.4, -0.2) is 36.4 Å². The molecule has 2 fully saturated rings. The summed E-state index contributed by atoms with van der Waals surface area (Å²) in [4.78, 5) is 12.2. The molecule has 2 rings (SSSR count). The highest BCUT2D eigenvalue weighted by Crippen LogP contribution is 2.39. The van der Waals surface area contributed by atoms with Crippen molar-refractivity contribution < 1.29 is 14.6 Å². The molecular formula is C16H29NO3. The lowest BCUT2D eigenvalue weighted by Gasteiger charge is -2.36. The van der Waals surface area contributed by atoms with Crippen LogP contribution in [0.3, 0.4) is 0 Å². The number of hydrogen-bond acceptors (Lipinski definition) is 3. The minimum absolute atomic E-state index is 0.109. The molecular weight excluding hydrogens is 254 g/mol. The Labute approximate surface area is 122 Å². The number of amides is 1. The predicted molar refractivity (Wildman–Crippen MR) is 78.3 cm³/mol. The van der Waals surface area contributed by atoms with Crippen LogP contribution >= 0.6 is 0 Å². The molecule has 1 aliphatic carbocycles. The molecule has 1 saturated carbocycles. The Balaban J connectivity index is 1.75. The Morgan fingerprint density at radius 3 is 2.45 bits per heavy atom. The lowest BCUT2D eigenvalue weighted by molar-refractivity contribution is -0.127. The van der Waals surface area contributed by atoms with Gasteiger partial charge in [0.2, 0.25) is 5.91 Å². The van der Waals surface area contributed by atoms with Crippen molar-refractivity contribution in [3.63, 3.8) is 0 Å². The zero-order valence-electron chi connectivity index (χ0n) is 13.1. The van der Waals surface area contributed by atoms with Gasteiger partial charge < -0.3 is 15.2 Å². The fraction of sp³-hybridized carbons (Fsp3) is 0.938. The lowest BCUT2D eigenvalue weighted by atomic mass is 9.69. The molecule has 0 bridgehead atoms. The number of hydrogen-bond donors (Lipinski definition) is 2. The Kier molecular flexibility index (Phi) is 4.75. The van der Waals surface area contributed by atoms with Gasteiger partial charge in [-0.3, -0.25) is 4.79 Å². The van der Waals surface area contributed by atoms with Crippen LogP contribution in [0.25, 0.3) is 0 Å². The molecule has 1 unspecified atom stereocenters. The standard InChI is InChI=1S/C16H29NO3/c1-15(2,3)13-6-4-12(5-7-13)14(18)17-10-16(19)8-9-20-11-16/h12-13,19H,4-11H2,1-3H3,(H,17,18). The largest absolute Gasteiger partial charge is 0.386 e. The maximum Gasteiger partial charge on any atom is 0.223 e. The molecule has 2 N–H and O–H groups in total. The minimum Gasteiger partial charge on any atom is -0.386 e. The van der Waals surface area contributed by atoms with Crippen LogP contribution < -0.4 is 5.32 Å². The lowest BCUT2D eigenvalue weighted by Crippen LogP contribution is -2.45. The van der Waals surface area contributed by atoms with Crippen molar-refractivity contribution >= 4 is 5.91 Å². The molecule has 0 spiro atoms. The van der Waals surface area contributed by atoms with Gasteiger partial charge in [-0.15, -0.1) is 0 Å². The normalized spacial score (nSPS) is 35.0. The van der Waals surface area contributed by atoms with Gasteiger partial charge in [0, 0.05) is 25.5 Å². The molecule has 20 heavy (non-hydrogen) atoms. The second kappa shape index (κ2) is 6.02. The summed E-state index contributed by atoms with van der Waals surface area (Å²) in [7, 11) is 0. The average molecular weight is 283 g/mol. The first kappa shape index (κ1) is 15.8. The van der Waals surface area contributed by atoms with Gasteiger partial charge in [0.05, 0.1) is 6.61 Å². The zero-order chi connectivity index (χ0) is 14.8. The van der Waals surface area contributed by atoms with E-state index in [1.165, 1.54) is 0 Å². The fourth-order valence-electron chi connectivity index (χ4n) is 3.35. The Morgan fingerprint density at radius 2 is 1.95 bits per heavy atom. The van der Waals surface area contributed by atoms with E-state index in [1.807, 2.05) is 0 Å². The Bertz CT molecular complexity index is 334. The highest BCUT2D eigenvalue weighted by Gasteiger charge is 2.35. The second-order valence-corrected chi connectivity index (χ2v) is 7.66. The molecule has 0 aromatic carbocycles. The molecule has 4 nitrogen and oxygen atoms in total. The molecule has 1 aliphatic heterocycles. The summed E-state index contributed by atoms with van der Waals surface area (Å²) in [5.74, 6) is 0.955. The fourth-order valence-corrected chi connectivity index (χ4v) is 3.35. The molecule has 0 radical (unpaired) electrons. The third-order valence-corrected chi connectivity index (χ3v) is 5.00. The van der Waals surface area contributed by atoms with E-state index in [0.29, 0.717) is 31.6 Å². The topological polar surface area (TPSA) is 58.6 Å². The van der Waals surface area contributed by atoms with E-state index >= 15 is 0 Å². The molecule has 1 heterocycles. The zero-order valence-corrected chi connectivity index (χ0v) is 13.1. The van der Waals surface area contributed by atoms with Crippen LogP contribution in [0.15, 0.2) is 0 Å². The number of carbonyl (C=O) groups excluding carboxylic acids is 1. The van der Waals surface area contributed by atoms with E-state index in [9.17, 15) is 9.90 Å². The molecule has 0 aromatic heterocycles. The summed E-state index contributed by atoms with van der Waals surface area (Å²) in [6.45, 7) is 8.10. The predicted octanol–water partition coefficient (Wildman–Crippen LogP) is 2.11. The van der Waals surface area contributed by atoms with E-state index in [4.69, 9.17) is 4.74 Å². The smallest absolute Gasteiger partial charge is 0.223 e. The first-order valence-electron chi connectivity index (χ1n) is 7.88. The monoisotopic (exact) mass is 283 g/mol. The van der Waals surface area contributed by atoms with Crippen molar-refractivity contribution in [2.75, 3.05) is 19.8 Å². The van der Waals surface area contributed by atoms with E-state index < -0.39 is 5.60 Å². The van der Waals surface area contributed by atoms with Gasteiger partial charge in [0.1, 0.15) is 5.60 Å². The quantitative estimate of drug-likeness (QED) is 0.834. The van der Waals surface area contributed by atoms with Gasteiger partial charge in [-0.2, -0.15) is 0 Å². The molecule has 116 valence electrons. The summed E-state index contributed by atoms with van der Waals surface area (Å²) in [6.07, 6.45) is 4.83. The molecule has 1 amide bonds. The second-order valence-electron chi connectivity index (χ2n) is 7.66. The van der Waals surface area contributed by atoms with Crippen molar-refractivity contribution in [1.29, 1.82) is 0 Å². The number of rotatable bonds is 3. The maximum atomic E-state index is 12.2. The van der Waals surface area contributed by atoms with Crippen LogP contribution in [-0.2, 0) is 9.53 Å². The van der Waals surface area contributed by atoms with Crippen molar-refractivity contribution in [2.24, 2.45) is 17.3 Å². The SMILES string of the molecule is CC(C)(C)C1CCC(C(=O)NCC2(O)CCOC2)CC1. The van der Waals surface area contributed by atoms with Gasteiger partial charge in [-0.05, 0) is 37.0 Å². The van der Waals surface area contributed by atoms with E-state index in [-0.39, 0.29) is 11.8 Å². The van der Waals surface area contributed by atoms with Gasteiger partial charge in [0.25, 0.3) is 0 Å². The number of carbonyl (C=O) groups is 1. The first-order chi connectivity index (χ1) is 9.30. The minimum atomic E-state index is -0.849. The van der Waals surface area contributed by atoms with Crippen molar-refractivity contribution in [1.82, 2.24) is 5.32 Å². The molecule has 4 heteroatoms. The summed E-state index contributed by atoms with van der Waals surface area (Å²) in [6, 6.07) is 0. The van der Waals surface area contributed by atoms with Gasteiger partial charge in [0.15, 0.2) is 0 Å². The average Bonchev–Trinajstić information content (AvgIpc) is 2.83. The van der Waals surface area contributed by atoms with Gasteiger partial charge >= 0.3 is 0 Å². The molecule has 1 saturated heterocycles. The van der Waals surface area contributed by atoms with Gasteiger partial charge in [-0.1, -0.05) is 20.8 Å². The van der Waals surface area contributed by atoms with Crippen molar-refractivity contribution in [3.8, 4) is 0 Å². The summed E-state index contributed by atoms with van der Waals surface area (Å²) in [5.41, 5.74) is -0.504. The summed E-state index contributed by atoms with van der Waals surface area (Å²) >= 11 is 0. The van der Waals surface area contributed by atoms with E-state index in [2.05, 4.69) is 26.1 Å². The van der Waals surface area contributed by atoms with E-state index in [0.717, 1.165) is 31.6 Å². The molecule has 1 atom stereocenters. The Morgan fingerprint density at radius 1 is 1.30 bits per heavy atom. The van der Waals surface area contributed by atoms with Crippen LogP contribution in [0.4, 0.5) is 0 Å². The molecule has 2 aliphatic rings. The van der Waals surface area contributed by atoms with Crippen LogP contribution in [0, 0.1) is 17.3 Å². The van der Waals surface area contributed by atoms with E-state index in [1.54, 1.807) is 0 Å². The highest BCUT2D eigenvalue weighted by atomic mass is 16.5. The summed E-state index contributed by atoms with van der Waals surface area (Å²) < 4.78 is 5.19. The maximum absolute atomic E-state index is 12.2. The Hall–Kier alpha value is -0.610. The van der Waals surface area contributed by atoms with Crippen molar-refractivity contribution in [3.05, 3.63) is 0 Å². The number of nitrogens with one attached hydrogen (secondary N) is 1. The van der Waals surface area contributed by atoms with Crippen molar-refractivity contribution in [2.45, 2.75) is 58.5 Å². The van der Waals surface area contributed by atoms with Crippen LogP contribution in [0.5, 0.6) is 0 Å². The third-order valence-electron chi connectivity index (χ3n) is 5.00. The van der Waals surface area contributed by atoms with Gasteiger partial charge in [-0.25, -0.2) is 0 Å². The third kappa shape index (κ3) is 3.95. The van der Waals surface area contributed by atoms with Crippen LogP contribution in [0.2, 0.25) is 0 Å². The highest BCUT2D eigenvalue weighted by molar-refractivity contribution is 5.78. The number of aliphatic hydroxyl groups is 1.